The van der Waals surface area contributed by atoms with Gasteiger partial charge in [-0.05, 0) is 135 Å². The number of ether oxygens (including phenoxy) is 3. The highest BCUT2D eigenvalue weighted by molar-refractivity contribution is 5.71. The van der Waals surface area contributed by atoms with E-state index in [1.165, 1.54) is 103 Å². The van der Waals surface area contributed by atoms with Crippen LogP contribution < -0.4 is 0 Å². The van der Waals surface area contributed by atoms with Gasteiger partial charge in [0.1, 0.15) is 13.2 Å². The van der Waals surface area contributed by atoms with Crippen LogP contribution in [0.15, 0.2) is 158 Å². The van der Waals surface area contributed by atoms with Gasteiger partial charge in [0.2, 0.25) is 0 Å². The molecule has 1 unspecified atom stereocenters. The SMILES string of the molecule is CC/C=C\C/C=C\C/C=C\C/C=C\C/C=C\CCCC(=O)OCC(COC(=O)CCCCCCCCCCCCCC/C=C\C/C=C\C/C=C\CCCCCCC)OC(=O)CCC/C=C\C/C=C\C/C=C\C/C=C\C/C=C\CC. The molecule has 0 aliphatic heterocycles. The highest BCUT2D eigenvalue weighted by atomic mass is 16.6. The monoisotopic (exact) mass is 1090 g/mol. The lowest BCUT2D eigenvalue weighted by molar-refractivity contribution is -0.167. The standard InChI is InChI=1S/C73H116O6/c1-4-7-10-13-16-19-22-25-28-31-32-33-34-35-36-37-38-39-40-43-45-48-51-54-57-60-63-66-72(75)78-69-70(79-73(76)67-64-61-58-55-52-49-46-42-30-27-24-21-18-15-12-9-6-3)68-77-71(74)65-62-59-56-53-50-47-44-41-29-26-23-20-17-14-11-8-5-2/h8-9,11-12,17-18,20-22,25-27,29-32,34-35,44,46-47,49,53,55-56,58,70H,4-7,10,13-16,19,23-24,28,33,36-43,45,48,50-52,54,57,59-69H2,1-3H3/b11-8-,12-9-,20-17-,21-18-,25-22-,29-26-,30-27-,32-31-,35-34-,47-44-,49-46-,56-53-,58-55-. The Kier molecular flexibility index (Phi) is 61.4. The van der Waals surface area contributed by atoms with Crippen LogP contribution in [0.1, 0.15) is 265 Å². The lowest BCUT2D eigenvalue weighted by Crippen LogP contribution is -2.30. The molecule has 0 fully saturated rings. The summed E-state index contributed by atoms with van der Waals surface area (Å²) in [5.74, 6) is -1.05. The molecule has 444 valence electrons. The minimum atomic E-state index is -0.841. The first-order valence-corrected chi connectivity index (χ1v) is 32.0. The van der Waals surface area contributed by atoms with Gasteiger partial charge in [0.05, 0.1) is 0 Å². The van der Waals surface area contributed by atoms with E-state index >= 15 is 0 Å². The van der Waals surface area contributed by atoms with Crippen molar-refractivity contribution >= 4 is 17.9 Å². The summed E-state index contributed by atoms with van der Waals surface area (Å²) in [5, 5.41) is 0. The molecule has 0 amide bonds. The van der Waals surface area contributed by atoms with E-state index in [4.69, 9.17) is 14.2 Å². The molecule has 0 aliphatic carbocycles. The molecule has 0 spiro atoms. The van der Waals surface area contributed by atoms with Crippen LogP contribution in [0.5, 0.6) is 0 Å². The minimum Gasteiger partial charge on any atom is -0.462 e. The number of hydrogen-bond acceptors (Lipinski definition) is 6. The smallest absolute Gasteiger partial charge is 0.306 e. The molecule has 0 heterocycles. The molecule has 79 heavy (non-hydrogen) atoms. The Morgan fingerprint density at radius 2 is 0.506 bits per heavy atom. The highest BCUT2D eigenvalue weighted by Gasteiger charge is 2.19. The summed E-state index contributed by atoms with van der Waals surface area (Å²) in [6, 6.07) is 0. The lowest BCUT2D eigenvalue weighted by atomic mass is 10.0. The summed E-state index contributed by atoms with van der Waals surface area (Å²) >= 11 is 0. The molecule has 0 radical (unpaired) electrons. The molecule has 0 aromatic heterocycles. The van der Waals surface area contributed by atoms with Gasteiger partial charge in [0.15, 0.2) is 6.10 Å². The Hall–Kier alpha value is -4.97. The summed E-state index contributed by atoms with van der Waals surface area (Å²) in [6.07, 6.45) is 95.5. The number of carbonyl (C=O) groups excluding carboxylic acids is 3. The first-order chi connectivity index (χ1) is 39.0. The maximum absolute atomic E-state index is 12.9. The second-order valence-electron chi connectivity index (χ2n) is 20.5. The van der Waals surface area contributed by atoms with Crippen molar-refractivity contribution in [3.63, 3.8) is 0 Å². The normalized spacial score (nSPS) is 13.2. The topological polar surface area (TPSA) is 78.9 Å². The molecule has 6 nitrogen and oxygen atoms in total. The van der Waals surface area contributed by atoms with E-state index in [0.29, 0.717) is 19.3 Å². The van der Waals surface area contributed by atoms with Gasteiger partial charge in [-0.3, -0.25) is 14.4 Å². The van der Waals surface area contributed by atoms with Crippen molar-refractivity contribution in [1.29, 1.82) is 0 Å². The molecular weight excluding hydrogens is 973 g/mol. The number of esters is 3. The van der Waals surface area contributed by atoms with Gasteiger partial charge >= 0.3 is 17.9 Å². The number of hydrogen-bond donors (Lipinski definition) is 0. The fourth-order valence-electron chi connectivity index (χ4n) is 8.29. The fraction of sp³-hybridized carbons (Fsp3) is 0.603. The van der Waals surface area contributed by atoms with Crippen molar-refractivity contribution in [2.45, 2.75) is 271 Å². The molecular formula is C73H116O6. The van der Waals surface area contributed by atoms with Crippen molar-refractivity contribution in [3.05, 3.63) is 158 Å². The predicted octanol–water partition coefficient (Wildman–Crippen LogP) is 22.1. The minimum absolute atomic E-state index is 0.126. The Labute approximate surface area is 486 Å². The van der Waals surface area contributed by atoms with E-state index in [2.05, 4.69) is 179 Å². The fourth-order valence-corrected chi connectivity index (χ4v) is 8.29. The molecule has 0 N–H and O–H groups in total. The van der Waals surface area contributed by atoms with Gasteiger partial charge in [-0.2, -0.15) is 0 Å². The quantitative estimate of drug-likeness (QED) is 0.0261. The predicted molar refractivity (Wildman–Crippen MR) is 343 cm³/mol. The van der Waals surface area contributed by atoms with E-state index in [0.717, 1.165) is 109 Å². The van der Waals surface area contributed by atoms with Crippen molar-refractivity contribution in [2.75, 3.05) is 13.2 Å². The third kappa shape index (κ3) is 63.7. The van der Waals surface area contributed by atoms with Gasteiger partial charge in [-0.1, -0.05) is 269 Å². The van der Waals surface area contributed by atoms with Crippen molar-refractivity contribution in [3.8, 4) is 0 Å². The van der Waals surface area contributed by atoms with Crippen LogP contribution in [0.2, 0.25) is 0 Å². The van der Waals surface area contributed by atoms with E-state index in [1.807, 2.05) is 0 Å². The Morgan fingerprint density at radius 1 is 0.266 bits per heavy atom. The zero-order chi connectivity index (χ0) is 57.1. The first kappa shape index (κ1) is 74.0. The van der Waals surface area contributed by atoms with Crippen LogP contribution in [0.4, 0.5) is 0 Å². The van der Waals surface area contributed by atoms with E-state index in [9.17, 15) is 14.4 Å². The summed E-state index contributed by atoms with van der Waals surface area (Å²) < 4.78 is 16.8. The largest absolute Gasteiger partial charge is 0.462 e. The van der Waals surface area contributed by atoms with Gasteiger partial charge < -0.3 is 14.2 Å². The second-order valence-corrected chi connectivity index (χ2v) is 20.5. The maximum atomic E-state index is 12.9. The average molecular weight is 1090 g/mol. The Morgan fingerprint density at radius 3 is 0.823 bits per heavy atom. The molecule has 0 bridgehead atoms. The summed E-state index contributed by atoms with van der Waals surface area (Å²) in [7, 11) is 0. The summed E-state index contributed by atoms with van der Waals surface area (Å²) in [5.41, 5.74) is 0. The van der Waals surface area contributed by atoms with Crippen LogP contribution in [-0.4, -0.2) is 37.2 Å². The van der Waals surface area contributed by atoms with Crippen molar-refractivity contribution in [2.24, 2.45) is 0 Å². The first-order valence-electron chi connectivity index (χ1n) is 32.0. The summed E-state index contributed by atoms with van der Waals surface area (Å²) in [6.45, 7) is 6.30. The van der Waals surface area contributed by atoms with E-state index < -0.39 is 6.10 Å². The van der Waals surface area contributed by atoms with Crippen LogP contribution in [0.25, 0.3) is 0 Å². The van der Waals surface area contributed by atoms with Gasteiger partial charge in [-0.15, -0.1) is 0 Å². The maximum Gasteiger partial charge on any atom is 0.306 e. The molecule has 0 aromatic carbocycles. The molecule has 0 aliphatic rings. The van der Waals surface area contributed by atoms with Crippen LogP contribution in [-0.2, 0) is 28.6 Å². The van der Waals surface area contributed by atoms with Crippen LogP contribution in [0.3, 0.4) is 0 Å². The molecule has 6 heteroatoms. The molecule has 0 aromatic rings. The van der Waals surface area contributed by atoms with E-state index in [-0.39, 0.29) is 44.0 Å². The lowest BCUT2D eigenvalue weighted by Gasteiger charge is -2.18. The van der Waals surface area contributed by atoms with E-state index in [1.54, 1.807) is 0 Å². The second kappa shape index (κ2) is 65.5. The number of unbranched alkanes of at least 4 members (excludes halogenated alkanes) is 19. The highest BCUT2D eigenvalue weighted by Crippen LogP contribution is 2.15. The Balaban J connectivity index is 4.47. The van der Waals surface area contributed by atoms with Gasteiger partial charge in [0.25, 0.3) is 0 Å². The number of carbonyl (C=O) groups is 3. The average Bonchev–Trinajstić information content (AvgIpc) is 3.45. The zero-order valence-corrected chi connectivity index (χ0v) is 50.8. The van der Waals surface area contributed by atoms with Crippen molar-refractivity contribution in [1.82, 2.24) is 0 Å². The third-order valence-electron chi connectivity index (χ3n) is 13.0. The molecule has 0 saturated carbocycles. The van der Waals surface area contributed by atoms with Crippen molar-refractivity contribution < 1.29 is 28.6 Å². The number of allylic oxidation sites excluding steroid dienone is 26. The molecule has 0 saturated heterocycles. The molecule has 0 rings (SSSR count). The van der Waals surface area contributed by atoms with Crippen LogP contribution >= 0.6 is 0 Å². The van der Waals surface area contributed by atoms with Crippen LogP contribution in [0, 0.1) is 0 Å². The number of rotatable bonds is 56. The zero-order valence-electron chi connectivity index (χ0n) is 50.8. The third-order valence-corrected chi connectivity index (χ3v) is 13.0. The Bertz CT molecular complexity index is 1780. The molecule has 1 atom stereocenters. The summed E-state index contributed by atoms with van der Waals surface area (Å²) in [4.78, 5) is 38.3. The van der Waals surface area contributed by atoms with Gasteiger partial charge in [0, 0.05) is 19.3 Å². The van der Waals surface area contributed by atoms with Gasteiger partial charge in [-0.25, -0.2) is 0 Å².